The predicted molar refractivity (Wildman–Crippen MR) is 50.1 cm³/mol. The van der Waals surface area contributed by atoms with Crippen LogP contribution in [0, 0.1) is 0 Å². The molecule has 0 saturated carbocycles. The molecule has 0 aliphatic carbocycles. The maximum Gasteiger partial charge on any atom is 0.0689 e. The second-order valence-electron chi connectivity index (χ2n) is 2.97. The van der Waals surface area contributed by atoms with Crippen molar-refractivity contribution in [3.8, 4) is 0 Å². The zero-order valence-electron chi connectivity index (χ0n) is 7.77. The summed E-state index contributed by atoms with van der Waals surface area (Å²) in [6, 6.07) is 3.27. The molecule has 4 nitrogen and oxygen atoms in total. The Hall–Kier alpha value is -0.940. The van der Waals surface area contributed by atoms with Crippen molar-refractivity contribution in [3.63, 3.8) is 0 Å². The minimum absolute atomic E-state index is 0.186. The lowest BCUT2D eigenvalue weighted by molar-refractivity contribution is 0.239. The molecule has 0 aliphatic heterocycles. The summed E-state index contributed by atoms with van der Waals surface area (Å²) in [6.07, 6.45) is 0. The van der Waals surface area contributed by atoms with E-state index in [4.69, 9.17) is 20.4 Å². The quantitative estimate of drug-likeness (QED) is 0.533. The predicted octanol–water partition coefficient (Wildman–Crippen LogP) is -0.344. The van der Waals surface area contributed by atoms with Crippen LogP contribution < -0.4 is 0 Å². The number of hydrogen-bond donors (Lipinski definition) is 4. The molecule has 0 aromatic heterocycles. The first-order valence-electron chi connectivity index (χ1n) is 4.34. The Kier molecular flexibility index (Phi) is 4.03. The highest BCUT2D eigenvalue weighted by Crippen LogP contribution is 2.20. The normalized spacial score (nSPS) is 10.6. The second kappa shape index (κ2) is 5.07. The SMILES string of the molecule is OCc1ccc(CO)c(CO)c1CO. The average Bonchev–Trinajstić information content (AvgIpc) is 2.26. The first-order chi connectivity index (χ1) is 6.78. The number of benzene rings is 1. The molecule has 0 radical (unpaired) electrons. The van der Waals surface area contributed by atoms with Gasteiger partial charge in [-0.15, -0.1) is 0 Å². The Labute approximate surface area is 82.1 Å². The van der Waals surface area contributed by atoms with Crippen molar-refractivity contribution in [3.05, 3.63) is 34.4 Å². The Morgan fingerprint density at radius 1 is 0.643 bits per heavy atom. The average molecular weight is 198 g/mol. The molecule has 0 saturated heterocycles. The summed E-state index contributed by atoms with van der Waals surface area (Å²) in [5, 5.41) is 36.1. The Balaban J connectivity index is 3.28. The van der Waals surface area contributed by atoms with Gasteiger partial charge in [-0.2, -0.15) is 0 Å². The van der Waals surface area contributed by atoms with Crippen LogP contribution in [0.2, 0.25) is 0 Å². The van der Waals surface area contributed by atoms with Gasteiger partial charge in [-0.25, -0.2) is 0 Å². The van der Waals surface area contributed by atoms with Crippen LogP contribution in [0.25, 0.3) is 0 Å². The molecule has 0 atom stereocenters. The van der Waals surface area contributed by atoms with Gasteiger partial charge in [0.15, 0.2) is 0 Å². The van der Waals surface area contributed by atoms with Crippen molar-refractivity contribution in [2.75, 3.05) is 0 Å². The van der Waals surface area contributed by atoms with E-state index in [2.05, 4.69) is 0 Å². The van der Waals surface area contributed by atoms with Crippen LogP contribution in [0.4, 0.5) is 0 Å². The van der Waals surface area contributed by atoms with Gasteiger partial charge >= 0.3 is 0 Å². The van der Waals surface area contributed by atoms with E-state index in [1.807, 2.05) is 0 Å². The zero-order chi connectivity index (χ0) is 10.6. The molecule has 0 aliphatic rings. The fraction of sp³-hybridized carbons (Fsp3) is 0.400. The third-order valence-corrected chi connectivity index (χ3v) is 2.28. The monoisotopic (exact) mass is 198 g/mol. The van der Waals surface area contributed by atoms with E-state index in [0.29, 0.717) is 22.3 Å². The summed E-state index contributed by atoms with van der Waals surface area (Å²) in [5.41, 5.74) is 2.16. The van der Waals surface area contributed by atoms with Crippen LogP contribution in [0.1, 0.15) is 22.3 Å². The van der Waals surface area contributed by atoms with Crippen molar-refractivity contribution in [2.24, 2.45) is 0 Å². The highest BCUT2D eigenvalue weighted by Gasteiger charge is 2.10. The molecule has 0 amide bonds. The van der Waals surface area contributed by atoms with E-state index < -0.39 is 0 Å². The van der Waals surface area contributed by atoms with Crippen LogP contribution in [-0.4, -0.2) is 20.4 Å². The summed E-state index contributed by atoms with van der Waals surface area (Å²) >= 11 is 0. The van der Waals surface area contributed by atoms with E-state index in [1.165, 1.54) is 0 Å². The van der Waals surface area contributed by atoms with Gasteiger partial charge in [0, 0.05) is 0 Å². The van der Waals surface area contributed by atoms with Gasteiger partial charge in [0.2, 0.25) is 0 Å². The smallest absolute Gasteiger partial charge is 0.0689 e. The molecular weight excluding hydrogens is 184 g/mol. The number of hydrogen-bond acceptors (Lipinski definition) is 4. The largest absolute Gasteiger partial charge is 0.392 e. The van der Waals surface area contributed by atoms with Gasteiger partial charge in [0.25, 0.3) is 0 Å². The topological polar surface area (TPSA) is 80.9 Å². The van der Waals surface area contributed by atoms with Gasteiger partial charge < -0.3 is 20.4 Å². The van der Waals surface area contributed by atoms with Crippen molar-refractivity contribution in [1.29, 1.82) is 0 Å². The molecule has 4 heteroatoms. The van der Waals surface area contributed by atoms with Gasteiger partial charge in [0.1, 0.15) is 0 Å². The van der Waals surface area contributed by atoms with Crippen LogP contribution in [0.5, 0.6) is 0 Å². The third-order valence-electron chi connectivity index (χ3n) is 2.28. The number of rotatable bonds is 4. The fourth-order valence-corrected chi connectivity index (χ4v) is 1.48. The highest BCUT2D eigenvalue weighted by molar-refractivity contribution is 5.40. The summed E-state index contributed by atoms with van der Waals surface area (Å²) < 4.78 is 0. The van der Waals surface area contributed by atoms with Crippen molar-refractivity contribution < 1.29 is 20.4 Å². The Morgan fingerprint density at radius 2 is 1.00 bits per heavy atom. The second-order valence-corrected chi connectivity index (χ2v) is 2.97. The fourth-order valence-electron chi connectivity index (χ4n) is 1.48. The molecule has 0 heterocycles. The minimum atomic E-state index is -0.250. The van der Waals surface area contributed by atoms with E-state index in [9.17, 15) is 0 Å². The number of aliphatic hydroxyl groups excluding tert-OH is 4. The van der Waals surface area contributed by atoms with Crippen molar-refractivity contribution in [2.45, 2.75) is 26.4 Å². The molecule has 0 bridgehead atoms. The maximum absolute atomic E-state index is 9.08. The molecule has 0 unspecified atom stereocenters. The lowest BCUT2D eigenvalue weighted by Gasteiger charge is -2.13. The van der Waals surface area contributed by atoms with Crippen molar-refractivity contribution in [1.82, 2.24) is 0 Å². The molecule has 0 spiro atoms. The van der Waals surface area contributed by atoms with Gasteiger partial charge in [-0.05, 0) is 22.3 Å². The van der Waals surface area contributed by atoms with E-state index in [0.717, 1.165) is 0 Å². The maximum atomic E-state index is 9.08. The number of aliphatic hydroxyl groups is 4. The molecule has 14 heavy (non-hydrogen) atoms. The standard InChI is InChI=1S/C10H14O4/c11-3-7-1-2-8(4-12)10(6-14)9(7)5-13/h1-2,11-14H,3-6H2. The molecule has 0 fully saturated rings. The summed E-state index contributed by atoms with van der Waals surface area (Å²) in [6.45, 7) is -0.873. The molecule has 78 valence electrons. The molecule has 1 aromatic carbocycles. The van der Waals surface area contributed by atoms with Gasteiger partial charge in [0.05, 0.1) is 26.4 Å². The molecule has 1 rings (SSSR count). The van der Waals surface area contributed by atoms with E-state index in [-0.39, 0.29) is 26.4 Å². The van der Waals surface area contributed by atoms with E-state index >= 15 is 0 Å². The van der Waals surface area contributed by atoms with Crippen LogP contribution in [0.15, 0.2) is 12.1 Å². The Morgan fingerprint density at radius 3 is 1.21 bits per heavy atom. The first kappa shape index (κ1) is 11.1. The van der Waals surface area contributed by atoms with Crippen molar-refractivity contribution >= 4 is 0 Å². The van der Waals surface area contributed by atoms with Gasteiger partial charge in [-0.3, -0.25) is 0 Å². The summed E-state index contributed by atoms with van der Waals surface area (Å²) in [4.78, 5) is 0. The third kappa shape index (κ3) is 1.93. The van der Waals surface area contributed by atoms with E-state index in [1.54, 1.807) is 12.1 Å². The summed E-state index contributed by atoms with van der Waals surface area (Å²) in [7, 11) is 0. The minimum Gasteiger partial charge on any atom is -0.392 e. The van der Waals surface area contributed by atoms with Crippen LogP contribution in [-0.2, 0) is 26.4 Å². The molecule has 4 N–H and O–H groups in total. The van der Waals surface area contributed by atoms with Gasteiger partial charge in [-0.1, -0.05) is 12.1 Å². The zero-order valence-corrected chi connectivity index (χ0v) is 7.77. The first-order valence-corrected chi connectivity index (χ1v) is 4.34. The highest BCUT2D eigenvalue weighted by atomic mass is 16.3. The molecule has 1 aromatic rings. The summed E-state index contributed by atoms with van der Waals surface area (Å²) in [5.74, 6) is 0. The lowest BCUT2D eigenvalue weighted by atomic mass is 9.97. The van der Waals surface area contributed by atoms with Crippen LogP contribution >= 0.6 is 0 Å². The Bertz CT molecular complexity index is 278. The lowest BCUT2D eigenvalue weighted by Crippen LogP contribution is -2.05. The molecular formula is C10H14O4. The van der Waals surface area contributed by atoms with Crippen LogP contribution in [0.3, 0.4) is 0 Å².